The number of anilines is 1. The first-order valence-electron chi connectivity index (χ1n) is 9.78. The van der Waals surface area contributed by atoms with Gasteiger partial charge in [-0.25, -0.2) is 4.98 Å². The van der Waals surface area contributed by atoms with E-state index in [2.05, 4.69) is 17.2 Å². The van der Waals surface area contributed by atoms with Gasteiger partial charge in [-0.15, -0.1) is 0 Å². The third kappa shape index (κ3) is 4.96. The quantitative estimate of drug-likeness (QED) is 0.605. The van der Waals surface area contributed by atoms with Gasteiger partial charge in [-0.3, -0.25) is 14.2 Å². The van der Waals surface area contributed by atoms with Gasteiger partial charge in [0.05, 0.1) is 0 Å². The lowest BCUT2D eigenvalue weighted by molar-refractivity contribution is -0.116. The molecule has 0 unspecified atom stereocenters. The molecule has 6 nitrogen and oxygen atoms in total. The molecule has 1 heterocycles. The largest absolute Gasteiger partial charge is 0.396 e. The second kappa shape index (κ2) is 9.69. The van der Waals surface area contributed by atoms with Crippen molar-refractivity contribution in [2.24, 2.45) is 0 Å². The smallest absolute Gasteiger partial charge is 0.257 e. The molecule has 0 aliphatic heterocycles. The number of nitrogens with one attached hydrogen (secondary N) is 1. The van der Waals surface area contributed by atoms with Crippen LogP contribution in [0.25, 0.3) is 11.4 Å². The molecule has 0 aliphatic carbocycles. The minimum absolute atomic E-state index is 0.174. The van der Waals surface area contributed by atoms with Crippen molar-refractivity contribution in [3.63, 3.8) is 0 Å². The van der Waals surface area contributed by atoms with Gasteiger partial charge in [0.25, 0.3) is 5.56 Å². The number of carbonyl (C=O) groups is 1. The number of aryl methyl sites for hydroxylation is 2. The van der Waals surface area contributed by atoms with Gasteiger partial charge >= 0.3 is 0 Å². The van der Waals surface area contributed by atoms with Crippen LogP contribution in [0.1, 0.15) is 23.7 Å². The van der Waals surface area contributed by atoms with Crippen molar-refractivity contribution in [1.29, 1.82) is 0 Å². The van der Waals surface area contributed by atoms with Crippen LogP contribution in [0.2, 0.25) is 5.02 Å². The zero-order valence-electron chi connectivity index (χ0n) is 17.0. The summed E-state index contributed by atoms with van der Waals surface area (Å²) in [6.45, 7) is 3.40. The van der Waals surface area contributed by atoms with Gasteiger partial charge in [0.1, 0.15) is 12.4 Å². The van der Waals surface area contributed by atoms with Crippen molar-refractivity contribution in [3.8, 4) is 11.4 Å². The highest BCUT2D eigenvalue weighted by molar-refractivity contribution is 6.30. The van der Waals surface area contributed by atoms with E-state index in [0.29, 0.717) is 33.4 Å². The number of carbonyl (C=O) groups excluding carboxylic acids is 1. The maximum atomic E-state index is 13.1. The lowest BCUT2D eigenvalue weighted by Gasteiger charge is -2.16. The van der Waals surface area contributed by atoms with E-state index in [4.69, 9.17) is 11.6 Å². The van der Waals surface area contributed by atoms with Crippen LogP contribution in [-0.4, -0.2) is 27.2 Å². The van der Waals surface area contributed by atoms with Gasteiger partial charge in [-0.05, 0) is 43.2 Å². The average Bonchev–Trinajstić information content (AvgIpc) is 2.73. The molecule has 7 heteroatoms. The lowest BCUT2D eigenvalue weighted by Crippen LogP contribution is -2.33. The summed E-state index contributed by atoms with van der Waals surface area (Å²) in [5.74, 6) is 0.0170. The summed E-state index contributed by atoms with van der Waals surface area (Å²) in [5, 5.41) is 12.7. The number of halogens is 1. The monoisotopic (exact) mass is 425 g/mol. The average molecular weight is 426 g/mol. The van der Waals surface area contributed by atoms with Crippen LogP contribution in [0.4, 0.5) is 5.69 Å². The van der Waals surface area contributed by atoms with E-state index < -0.39 is 0 Å². The van der Waals surface area contributed by atoms with Gasteiger partial charge in [0, 0.05) is 40.6 Å². The van der Waals surface area contributed by atoms with Crippen molar-refractivity contribution in [2.45, 2.75) is 33.2 Å². The van der Waals surface area contributed by atoms with Crippen LogP contribution >= 0.6 is 11.6 Å². The molecule has 0 saturated carbocycles. The topological polar surface area (TPSA) is 84.2 Å². The van der Waals surface area contributed by atoms with Crippen molar-refractivity contribution in [3.05, 3.63) is 80.7 Å². The predicted molar refractivity (Wildman–Crippen MR) is 119 cm³/mol. The molecule has 2 N–H and O–H groups in total. The van der Waals surface area contributed by atoms with E-state index in [1.165, 1.54) is 10.1 Å². The normalized spacial score (nSPS) is 10.8. The number of aliphatic hydroxyl groups excluding tert-OH is 1. The molecule has 0 atom stereocenters. The van der Waals surface area contributed by atoms with Crippen LogP contribution in [0.3, 0.4) is 0 Å². The minimum Gasteiger partial charge on any atom is -0.396 e. The first kappa shape index (κ1) is 21.7. The van der Waals surface area contributed by atoms with Crippen LogP contribution in [-0.2, 0) is 24.2 Å². The van der Waals surface area contributed by atoms with Crippen molar-refractivity contribution in [2.75, 3.05) is 11.9 Å². The molecule has 0 bridgehead atoms. The zero-order valence-corrected chi connectivity index (χ0v) is 17.7. The minimum atomic E-state index is -0.344. The lowest BCUT2D eigenvalue weighted by atomic mass is 10.1. The maximum absolute atomic E-state index is 13.1. The number of rotatable bonds is 7. The fraction of sp³-hybridized carbons (Fsp3) is 0.261. The second-order valence-electron chi connectivity index (χ2n) is 6.97. The summed E-state index contributed by atoms with van der Waals surface area (Å²) in [4.78, 5) is 30.4. The maximum Gasteiger partial charge on any atom is 0.257 e. The third-order valence-corrected chi connectivity index (χ3v) is 5.10. The summed E-state index contributed by atoms with van der Waals surface area (Å²) in [5.41, 5.74) is 3.04. The number of amides is 1. The highest BCUT2D eigenvalue weighted by Crippen LogP contribution is 2.21. The molecule has 1 amide bonds. The molecule has 0 radical (unpaired) electrons. The molecular formula is C23H24ClN3O3. The molecule has 1 aromatic heterocycles. The number of aliphatic hydroxyl groups is 1. The summed E-state index contributed by atoms with van der Waals surface area (Å²) in [7, 11) is 0. The first-order valence-corrected chi connectivity index (χ1v) is 10.2. The zero-order chi connectivity index (χ0) is 21.7. The van der Waals surface area contributed by atoms with Gasteiger partial charge < -0.3 is 10.4 Å². The Morgan fingerprint density at radius 1 is 1.20 bits per heavy atom. The van der Waals surface area contributed by atoms with Crippen molar-refractivity contribution < 1.29 is 9.90 Å². The molecular weight excluding hydrogens is 402 g/mol. The summed E-state index contributed by atoms with van der Waals surface area (Å²) < 4.78 is 1.33. The molecule has 30 heavy (non-hydrogen) atoms. The van der Waals surface area contributed by atoms with Gasteiger partial charge in [0.15, 0.2) is 0 Å². The fourth-order valence-corrected chi connectivity index (χ4v) is 3.45. The third-order valence-electron chi connectivity index (χ3n) is 4.86. The van der Waals surface area contributed by atoms with Crippen LogP contribution in [0.15, 0.2) is 53.3 Å². The summed E-state index contributed by atoms with van der Waals surface area (Å²) in [6.07, 6.45) is 1.09. The van der Waals surface area contributed by atoms with Crippen LogP contribution in [0, 0.1) is 6.92 Å². The van der Waals surface area contributed by atoms with E-state index in [1.54, 1.807) is 31.2 Å². The Balaban J connectivity index is 1.99. The number of aromatic nitrogens is 2. The molecule has 0 saturated heterocycles. The van der Waals surface area contributed by atoms with E-state index in [9.17, 15) is 14.7 Å². The van der Waals surface area contributed by atoms with Gasteiger partial charge in [0.2, 0.25) is 5.91 Å². The number of hydrogen-bond acceptors (Lipinski definition) is 4. The Labute approximate surface area is 180 Å². The van der Waals surface area contributed by atoms with Gasteiger partial charge in [-0.2, -0.15) is 0 Å². The van der Waals surface area contributed by atoms with Crippen LogP contribution in [0.5, 0.6) is 0 Å². The Bertz CT molecular complexity index is 1110. The molecule has 2 aromatic carbocycles. The Hall–Kier alpha value is -2.96. The van der Waals surface area contributed by atoms with E-state index in [-0.39, 0.29) is 31.0 Å². The number of benzene rings is 2. The second-order valence-corrected chi connectivity index (χ2v) is 7.41. The number of nitrogens with zero attached hydrogens (tertiary/aromatic N) is 2. The summed E-state index contributed by atoms with van der Waals surface area (Å²) >= 11 is 6.12. The Morgan fingerprint density at radius 3 is 2.57 bits per heavy atom. The van der Waals surface area contributed by atoms with E-state index in [1.807, 2.05) is 24.3 Å². The molecule has 0 aliphatic rings. The standard InChI is InChI=1S/C23H24ClN3O3/c1-3-16-7-9-19(10-8-16)26-21(29)14-27-22(17-5-4-6-18(24)13-17)25-15(2)20(11-12-28)23(27)30/h4-10,13,28H,3,11-12,14H2,1-2H3,(H,26,29). The van der Waals surface area contributed by atoms with Crippen LogP contribution < -0.4 is 10.9 Å². The Morgan fingerprint density at radius 2 is 1.93 bits per heavy atom. The molecule has 3 aromatic rings. The van der Waals surface area contributed by atoms with E-state index >= 15 is 0 Å². The van der Waals surface area contributed by atoms with Crippen molar-refractivity contribution >= 4 is 23.2 Å². The molecule has 0 fully saturated rings. The number of hydrogen-bond donors (Lipinski definition) is 2. The first-order chi connectivity index (χ1) is 14.4. The van der Waals surface area contributed by atoms with Gasteiger partial charge in [-0.1, -0.05) is 42.8 Å². The Kier molecular flexibility index (Phi) is 7.03. The highest BCUT2D eigenvalue weighted by atomic mass is 35.5. The molecule has 3 rings (SSSR count). The summed E-state index contributed by atoms with van der Waals surface area (Å²) in [6, 6.07) is 14.6. The fourth-order valence-electron chi connectivity index (χ4n) is 3.26. The molecule has 0 spiro atoms. The highest BCUT2D eigenvalue weighted by Gasteiger charge is 2.18. The van der Waals surface area contributed by atoms with E-state index in [0.717, 1.165) is 6.42 Å². The van der Waals surface area contributed by atoms with Crippen molar-refractivity contribution in [1.82, 2.24) is 9.55 Å². The molecule has 156 valence electrons. The predicted octanol–water partition coefficient (Wildman–Crippen LogP) is 3.61. The SMILES string of the molecule is CCc1ccc(NC(=O)Cn2c(-c3cccc(Cl)c3)nc(C)c(CCO)c2=O)cc1.